The van der Waals surface area contributed by atoms with E-state index in [4.69, 9.17) is 0 Å². The third kappa shape index (κ3) is 4.42. The summed E-state index contributed by atoms with van der Waals surface area (Å²) in [6.45, 7) is 2.55. The summed E-state index contributed by atoms with van der Waals surface area (Å²) in [6.07, 6.45) is -1.82. The molecule has 1 atom stereocenters. The Kier molecular flexibility index (Phi) is 5.45. The molecule has 1 saturated heterocycles. The normalized spacial score (nSPS) is 17.9. The summed E-state index contributed by atoms with van der Waals surface area (Å²) < 4.78 is 42.0. The molecule has 6 nitrogen and oxygen atoms in total. The van der Waals surface area contributed by atoms with Crippen LogP contribution in [0.4, 0.5) is 19.0 Å². The van der Waals surface area contributed by atoms with Gasteiger partial charge in [-0.2, -0.15) is 18.3 Å². The lowest BCUT2D eigenvalue weighted by molar-refractivity contribution is -0.137. The predicted molar refractivity (Wildman–Crippen MR) is 97.6 cm³/mol. The highest BCUT2D eigenvalue weighted by atomic mass is 79.9. The van der Waals surface area contributed by atoms with Crippen molar-refractivity contribution in [3.05, 3.63) is 39.8 Å². The van der Waals surface area contributed by atoms with Crippen molar-refractivity contribution in [3.8, 4) is 0 Å². The van der Waals surface area contributed by atoms with Crippen LogP contribution in [0.1, 0.15) is 34.6 Å². The number of anilines is 1. The van der Waals surface area contributed by atoms with Crippen LogP contribution < -0.4 is 10.2 Å². The number of carbonyl (C=O) groups is 1. The molecule has 0 radical (unpaired) electrons. The first-order chi connectivity index (χ1) is 12.6. The van der Waals surface area contributed by atoms with Crippen LogP contribution in [0.5, 0.6) is 0 Å². The maximum absolute atomic E-state index is 13.4. The maximum atomic E-state index is 13.4. The molecule has 0 aliphatic carbocycles. The molecule has 3 heterocycles. The molecule has 1 fully saturated rings. The third-order valence-electron chi connectivity index (χ3n) is 4.54. The van der Waals surface area contributed by atoms with Crippen LogP contribution in [0, 0.1) is 6.92 Å². The number of carbonyl (C=O) groups excluding carboxylic acids is 1. The molecule has 1 N–H and O–H groups in total. The van der Waals surface area contributed by atoms with Gasteiger partial charge in [0.1, 0.15) is 11.5 Å². The first-order valence-electron chi connectivity index (χ1n) is 8.44. The number of nitrogens with zero attached hydrogens (tertiary/aromatic N) is 4. The number of halogens is 4. The lowest BCUT2D eigenvalue weighted by Gasteiger charge is -2.35. The van der Waals surface area contributed by atoms with Gasteiger partial charge in [0.25, 0.3) is 5.91 Å². The van der Waals surface area contributed by atoms with E-state index in [2.05, 4.69) is 31.3 Å². The first-order valence-corrected chi connectivity index (χ1v) is 9.23. The Morgan fingerprint density at radius 1 is 1.37 bits per heavy atom. The Labute approximate surface area is 162 Å². The molecule has 2 aromatic heterocycles. The number of pyridine rings is 1. The minimum Gasteiger partial charge on any atom is -0.354 e. The van der Waals surface area contributed by atoms with Crippen LogP contribution in [0.15, 0.2) is 22.8 Å². The average molecular weight is 446 g/mol. The van der Waals surface area contributed by atoms with E-state index in [1.165, 1.54) is 6.20 Å². The van der Waals surface area contributed by atoms with Gasteiger partial charge in [-0.25, -0.2) is 4.98 Å². The van der Waals surface area contributed by atoms with Crippen LogP contribution in [0.25, 0.3) is 0 Å². The van der Waals surface area contributed by atoms with Crippen LogP contribution >= 0.6 is 15.9 Å². The maximum Gasteiger partial charge on any atom is 0.419 e. The van der Waals surface area contributed by atoms with Gasteiger partial charge in [-0.05, 0) is 47.8 Å². The van der Waals surface area contributed by atoms with E-state index in [9.17, 15) is 18.0 Å². The zero-order valence-electron chi connectivity index (χ0n) is 14.8. The van der Waals surface area contributed by atoms with Gasteiger partial charge in [-0.15, -0.1) is 0 Å². The molecule has 1 unspecified atom stereocenters. The Balaban J connectivity index is 1.76. The molecule has 0 saturated carbocycles. The van der Waals surface area contributed by atoms with Crippen molar-refractivity contribution < 1.29 is 18.0 Å². The fourth-order valence-electron chi connectivity index (χ4n) is 3.11. The highest BCUT2D eigenvalue weighted by Crippen LogP contribution is 2.37. The first kappa shape index (κ1) is 19.7. The molecule has 27 heavy (non-hydrogen) atoms. The summed E-state index contributed by atoms with van der Waals surface area (Å²) in [5.41, 5.74) is 0.355. The van der Waals surface area contributed by atoms with E-state index >= 15 is 0 Å². The molecule has 146 valence electrons. The largest absolute Gasteiger partial charge is 0.419 e. The van der Waals surface area contributed by atoms with Gasteiger partial charge in [0, 0.05) is 42.5 Å². The van der Waals surface area contributed by atoms with Crippen LogP contribution in [-0.2, 0) is 13.2 Å². The van der Waals surface area contributed by atoms with Gasteiger partial charge in [0.2, 0.25) is 0 Å². The highest BCUT2D eigenvalue weighted by Gasteiger charge is 2.37. The van der Waals surface area contributed by atoms with Gasteiger partial charge in [0.15, 0.2) is 0 Å². The van der Waals surface area contributed by atoms with E-state index < -0.39 is 11.7 Å². The number of aryl methyl sites for hydroxylation is 2. The van der Waals surface area contributed by atoms with Crippen molar-refractivity contribution in [2.24, 2.45) is 7.05 Å². The van der Waals surface area contributed by atoms with Gasteiger partial charge in [-0.3, -0.25) is 9.48 Å². The van der Waals surface area contributed by atoms with Crippen molar-refractivity contribution in [3.63, 3.8) is 0 Å². The number of piperidine rings is 1. The minimum atomic E-state index is -4.51. The topological polar surface area (TPSA) is 63.1 Å². The Morgan fingerprint density at radius 3 is 2.74 bits per heavy atom. The zero-order valence-corrected chi connectivity index (χ0v) is 16.4. The van der Waals surface area contributed by atoms with E-state index in [1.54, 1.807) is 22.7 Å². The third-order valence-corrected chi connectivity index (χ3v) is 4.97. The lowest BCUT2D eigenvalue weighted by atomic mass is 10.0. The van der Waals surface area contributed by atoms with E-state index in [0.29, 0.717) is 25.1 Å². The Morgan fingerprint density at radius 2 is 2.11 bits per heavy atom. The molecule has 1 aliphatic heterocycles. The van der Waals surface area contributed by atoms with Gasteiger partial charge in [-0.1, -0.05) is 0 Å². The molecule has 3 rings (SSSR count). The number of alkyl halides is 3. The predicted octanol–water partition coefficient (Wildman–Crippen LogP) is 3.30. The minimum absolute atomic E-state index is 0.113. The SMILES string of the molecule is Cc1cc(C(=O)NC2CCCN(c3ncc(Br)cc3C(F)(F)F)C2)nn1C. The lowest BCUT2D eigenvalue weighted by Crippen LogP contribution is -2.48. The smallest absolute Gasteiger partial charge is 0.354 e. The second kappa shape index (κ2) is 7.49. The number of hydrogen-bond donors (Lipinski definition) is 1. The number of rotatable bonds is 3. The van der Waals surface area contributed by atoms with Gasteiger partial charge < -0.3 is 10.2 Å². The summed E-state index contributed by atoms with van der Waals surface area (Å²) in [4.78, 5) is 17.9. The van der Waals surface area contributed by atoms with Crippen LogP contribution in [-0.4, -0.2) is 39.8 Å². The van der Waals surface area contributed by atoms with Gasteiger partial charge >= 0.3 is 6.18 Å². The van der Waals surface area contributed by atoms with Crippen LogP contribution in [0.2, 0.25) is 0 Å². The standard InChI is InChI=1S/C17H19BrF3N5O/c1-10-6-14(24-25(10)2)16(27)23-12-4-3-5-26(9-12)15-13(17(19,20)21)7-11(18)8-22-15/h6-8,12H,3-5,9H2,1-2H3,(H,23,27). The van der Waals surface area contributed by atoms with Gasteiger partial charge in [0.05, 0.1) is 5.56 Å². The monoisotopic (exact) mass is 445 g/mol. The molecule has 0 aromatic carbocycles. The summed E-state index contributed by atoms with van der Waals surface area (Å²) in [5.74, 6) is -0.441. The Hall–Kier alpha value is -2.10. The Bertz CT molecular complexity index is 832. The number of hydrogen-bond acceptors (Lipinski definition) is 4. The molecule has 1 amide bonds. The molecule has 2 aromatic rings. The van der Waals surface area contributed by atoms with Crippen molar-refractivity contribution in [1.29, 1.82) is 0 Å². The average Bonchev–Trinajstić information content (AvgIpc) is 2.93. The van der Waals surface area contributed by atoms with Crippen molar-refractivity contribution in [1.82, 2.24) is 20.1 Å². The fraction of sp³-hybridized carbons (Fsp3) is 0.471. The second-order valence-corrected chi connectivity index (χ2v) is 7.49. The molecular weight excluding hydrogens is 427 g/mol. The fourth-order valence-corrected chi connectivity index (χ4v) is 3.44. The zero-order chi connectivity index (χ0) is 19.8. The summed E-state index contributed by atoms with van der Waals surface area (Å²) in [5, 5.41) is 7.00. The second-order valence-electron chi connectivity index (χ2n) is 6.58. The highest BCUT2D eigenvalue weighted by molar-refractivity contribution is 9.10. The van der Waals surface area contributed by atoms with Crippen LogP contribution in [0.3, 0.4) is 0 Å². The summed E-state index contributed by atoms with van der Waals surface area (Å²) in [6, 6.07) is 2.43. The molecule has 10 heteroatoms. The molecule has 1 aliphatic rings. The van der Waals surface area contributed by atoms with Crippen molar-refractivity contribution >= 4 is 27.7 Å². The molecule has 0 spiro atoms. The quantitative estimate of drug-likeness (QED) is 0.786. The number of aromatic nitrogens is 3. The number of amides is 1. The molecular formula is C17H19BrF3N5O. The van der Waals surface area contributed by atoms with E-state index in [0.717, 1.165) is 11.8 Å². The van der Waals surface area contributed by atoms with E-state index in [1.807, 2.05) is 6.92 Å². The van der Waals surface area contributed by atoms with Crippen molar-refractivity contribution in [2.45, 2.75) is 32.0 Å². The molecule has 0 bridgehead atoms. The van der Waals surface area contributed by atoms with Crippen molar-refractivity contribution in [2.75, 3.05) is 18.0 Å². The summed E-state index contributed by atoms with van der Waals surface area (Å²) in [7, 11) is 1.74. The summed E-state index contributed by atoms with van der Waals surface area (Å²) >= 11 is 3.04. The van der Waals surface area contributed by atoms with E-state index in [-0.39, 0.29) is 28.8 Å². The number of nitrogens with one attached hydrogen (secondary N) is 1.